The van der Waals surface area contributed by atoms with Crippen molar-refractivity contribution >= 4 is 5.91 Å². The Balaban J connectivity index is 2.32. The summed E-state index contributed by atoms with van der Waals surface area (Å²) in [6.07, 6.45) is 0.793. The van der Waals surface area contributed by atoms with Crippen molar-refractivity contribution in [1.82, 2.24) is 5.32 Å². The smallest absolute Gasteiger partial charge is 0.223 e. The maximum atomic E-state index is 11.9. The van der Waals surface area contributed by atoms with Crippen LogP contribution in [0.1, 0.15) is 51.3 Å². The molecule has 1 unspecified atom stereocenters. The van der Waals surface area contributed by atoms with Gasteiger partial charge in [-0.2, -0.15) is 0 Å². The Labute approximate surface area is 115 Å². The lowest BCUT2D eigenvalue weighted by atomic mass is 9.89. The van der Waals surface area contributed by atoms with Crippen LogP contribution in [0.15, 0.2) is 18.2 Å². The van der Waals surface area contributed by atoms with Gasteiger partial charge in [-0.15, -0.1) is 0 Å². The summed E-state index contributed by atoms with van der Waals surface area (Å²) in [6, 6.07) is 6.21. The highest BCUT2D eigenvalue weighted by Crippen LogP contribution is 2.39. The molecule has 1 aliphatic rings. The van der Waals surface area contributed by atoms with Crippen LogP contribution in [0.4, 0.5) is 0 Å². The molecule has 1 N–H and O–H groups in total. The lowest BCUT2D eigenvalue weighted by Gasteiger charge is -2.38. The average Bonchev–Trinajstić information content (AvgIpc) is 2.26. The summed E-state index contributed by atoms with van der Waals surface area (Å²) in [5.41, 5.74) is 2.00. The number of ether oxygens (including phenoxy) is 1. The number of rotatable bonds is 2. The Hall–Kier alpha value is -1.51. The van der Waals surface area contributed by atoms with Gasteiger partial charge in [0.2, 0.25) is 5.91 Å². The number of amides is 1. The Bertz CT molecular complexity index is 492. The summed E-state index contributed by atoms with van der Waals surface area (Å²) in [7, 11) is 0. The molecule has 1 aromatic rings. The molecule has 0 radical (unpaired) electrons. The topological polar surface area (TPSA) is 38.3 Å². The number of nitrogens with one attached hydrogen (secondary N) is 1. The van der Waals surface area contributed by atoms with E-state index in [-0.39, 0.29) is 23.5 Å². The van der Waals surface area contributed by atoms with Crippen molar-refractivity contribution in [2.45, 2.75) is 52.7 Å². The number of fused-ring (bicyclic) bond motifs is 1. The molecular weight excluding hydrogens is 238 g/mol. The number of aryl methyl sites for hydroxylation is 1. The summed E-state index contributed by atoms with van der Waals surface area (Å²) in [6.45, 7) is 10.00. The molecule has 19 heavy (non-hydrogen) atoms. The molecule has 0 fully saturated rings. The van der Waals surface area contributed by atoms with E-state index in [0.717, 1.165) is 17.7 Å². The van der Waals surface area contributed by atoms with E-state index in [1.54, 1.807) is 0 Å². The first-order valence-electron chi connectivity index (χ1n) is 6.88. The molecule has 0 bridgehead atoms. The number of carbonyl (C=O) groups excluding carboxylic acids is 1. The van der Waals surface area contributed by atoms with Crippen LogP contribution < -0.4 is 10.1 Å². The molecule has 0 aliphatic carbocycles. The second kappa shape index (κ2) is 4.87. The molecule has 2 rings (SSSR count). The molecule has 1 heterocycles. The van der Waals surface area contributed by atoms with Crippen LogP contribution in [0.25, 0.3) is 0 Å². The minimum absolute atomic E-state index is 0.000134. The number of carbonyl (C=O) groups is 1. The minimum atomic E-state index is -0.254. The number of hydrogen-bond donors (Lipinski definition) is 1. The fraction of sp³-hybridized carbons (Fsp3) is 0.562. The Morgan fingerprint density at radius 1 is 1.42 bits per heavy atom. The van der Waals surface area contributed by atoms with Gasteiger partial charge in [0.1, 0.15) is 11.4 Å². The van der Waals surface area contributed by atoms with Gasteiger partial charge in [-0.3, -0.25) is 4.79 Å². The van der Waals surface area contributed by atoms with Crippen LogP contribution in [0, 0.1) is 12.8 Å². The van der Waals surface area contributed by atoms with Gasteiger partial charge >= 0.3 is 0 Å². The highest BCUT2D eigenvalue weighted by Gasteiger charge is 2.34. The number of benzene rings is 1. The van der Waals surface area contributed by atoms with Crippen molar-refractivity contribution < 1.29 is 9.53 Å². The summed E-state index contributed by atoms with van der Waals surface area (Å²) >= 11 is 0. The number of hydrogen-bond acceptors (Lipinski definition) is 2. The van der Waals surface area contributed by atoms with Gasteiger partial charge in [-0.25, -0.2) is 0 Å². The summed E-state index contributed by atoms with van der Waals surface area (Å²) < 4.78 is 6.02. The predicted octanol–water partition coefficient (Wildman–Crippen LogP) is 3.37. The third-order valence-corrected chi connectivity index (χ3v) is 3.47. The normalized spacial score (nSPS) is 20.6. The molecule has 1 aliphatic heterocycles. The van der Waals surface area contributed by atoms with Gasteiger partial charge in [0.05, 0.1) is 6.04 Å². The van der Waals surface area contributed by atoms with Crippen molar-refractivity contribution in [2.75, 3.05) is 0 Å². The molecule has 0 saturated carbocycles. The standard InChI is InChI=1S/C16H23NO2/c1-10(2)15(18)17-13-9-16(4,5)19-14-8-11(3)6-7-12(13)14/h6-8,10,13H,9H2,1-5H3,(H,17,18). The van der Waals surface area contributed by atoms with Crippen LogP contribution in [0.2, 0.25) is 0 Å². The van der Waals surface area contributed by atoms with Crippen molar-refractivity contribution in [1.29, 1.82) is 0 Å². The van der Waals surface area contributed by atoms with Gasteiger partial charge < -0.3 is 10.1 Å². The molecule has 1 aromatic carbocycles. The van der Waals surface area contributed by atoms with Crippen LogP contribution in [0.5, 0.6) is 5.75 Å². The van der Waals surface area contributed by atoms with Gasteiger partial charge in [-0.05, 0) is 32.4 Å². The predicted molar refractivity (Wildman–Crippen MR) is 76.2 cm³/mol. The molecule has 0 spiro atoms. The SMILES string of the molecule is Cc1ccc2c(c1)OC(C)(C)CC2NC(=O)C(C)C. The second-order valence-electron chi connectivity index (χ2n) is 6.32. The fourth-order valence-electron chi connectivity index (χ4n) is 2.43. The van der Waals surface area contributed by atoms with Crippen molar-refractivity contribution in [3.05, 3.63) is 29.3 Å². The first-order chi connectivity index (χ1) is 8.78. The minimum Gasteiger partial charge on any atom is -0.487 e. The molecule has 1 atom stereocenters. The highest BCUT2D eigenvalue weighted by molar-refractivity contribution is 5.78. The van der Waals surface area contributed by atoms with Crippen LogP contribution in [0.3, 0.4) is 0 Å². The van der Waals surface area contributed by atoms with Crippen molar-refractivity contribution in [3.8, 4) is 5.75 Å². The molecular formula is C16H23NO2. The van der Waals surface area contributed by atoms with Crippen molar-refractivity contribution in [2.24, 2.45) is 5.92 Å². The third kappa shape index (κ3) is 3.09. The van der Waals surface area contributed by atoms with E-state index >= 15 is 0 Å². The lowest BCUT2D eigenvalue weighted by Crippen LogP contribution is -2.42. The third-order valence-electron chi connectivity index (χ3n) is 3.47. The highest BCUT2D eigenvalue weighted by atomic mass is 16.5. The maximum absolute atomic E-state index is 11.9. The Morgan fingerprint density at radius 2 is 2.11 bits per heavy atom. The van der Waals surface area contributed by atoms with E-state index in [1.807, 2.05) is 26.8 Å². The fourth-order valence-corrected chi connectivity index (χ4v) is 2.43. The van der Waals surface area contributed by atoms with Crippen LogP contribution in [-0.2, 0) is 4.79 Å². The second-order valence-corrected chi connectivity index (χ2v) is 6.32. The zero-order chi connectivity index (χ0) is 14.2. The lowest BCUT2D eigenvalue weighted by molar-refractivity contribution is -0.125. The van der Waals surface area contributed by atoms with E-state index in [1.165, 1.54) is 5.56 Å². The largest absolute Gasteiger partial charge is 0.487 e. The maximum Gasteiger partial charge on any atom is 0.223 e. The molecule has 1 amide bonds. The molecule has 0 aromatic heterocycles. The van der Waals surface area contributed by atoms with E-state index in [4.69, 9.17) is 4.74 Å². The van der Waals surface area contributed by atoms with Crippen LogP contribution >= 0.6 is 0 Å². The van der Waals surface area contributed by atoms with Crippen LogP contribution in [-0.4, -0.2) is 11.5 Å². The monoisotopic (exact) mass is 261 g/mol. The van der Waals surface area contributed by atoms with Gasteiger partial charge in [-0.1, -0.05) is 26.0 Å². The first kappa shape index (κ1) is 13.9. The van der Waals surface area contributed by atoms with E-state index in [9.17, 15) is 4.79 Å². The Kier molecular flexibility index (Phi) is 3.57. The average molecular weight is 261 g/mol. The zero-order valence-electron chi connectivity index (χ0n) is 12.4. The van der Waals surface area contributed by atoms with Crippen molar-refractivity contribution in [3.63, 3.8) is 0 Å². The van der Waals surface area contributed by atoms with E-state index < -0.39 is 0 Å². The molecule has 104 valence electrons. The van der Waals surface area contributed by atoms with E-state index in [0.29, 0.717) is 0 Å². The van der Waals surface area contributed by atoms with E-state index in [2.05, 4.69) is 31.3 Å². The first-order valence-corrected chi connectivity index (χ1v) is 6.88. The van der Waals surface area contributed by atoms with Gasteiger partial charge in [0.25, 0.3) is 0 Å². The van der Waals surface area contributed by atoms with Gasteiger partial charge in [0, 0.05) is 17.9 Å². The summed E-state index contributed by atoms with van der Waals surface area (Å²) in [5, 5.41) is 3.13. The molecule has 0 saturated heterocycles. The Morgan fingerprint density at radius 3 is 2.74 bits per heavy atom. The summed E-state index contributed by atoms with van der Waals surface area (Å²) in [4.78, 5) is 11.9. The quantitative estimate of drug-likeness (QED) is 0.886. The summed E-state index contributed by atoms with van der Waals surface area (Å²) in [5.74, 6) is 0.986. The molecule has 3 heteroatoms. The molecule has 3 nitrogen and oxygen atoms in total. The zero-order valence-corrected chi connectivity index (χ0v) is 12.4. The van der Waals surface area contributed by atoms with Gasteiger partial charge in [0.15, 0.2) is 0 Å².